The monoisotopic (exact) mass is 1440 g/mol. The summed E-state index contributed by atoms with van der Waals surface area (Å²) in [6.07, 6.45) is 10.0. The van der Waals surface area contributed by atoms with Crippen molar-refractivity contribution in [3.63, 3.8) is 0 Å². The van der Waals surface area contributed by atoms with Crippen LogP contribution in [0.2, 0.25) is 0 Å². The molecule has 0 atom stereocenters. The van der Waals surface area contributed by atoms with Gasteiger partial charge < -0.3 is 58.6 Å². The molecule has 1 amide bonds. The molecular formula is C73H85F5N18O8. The predicted molar refractivity (Wildman–Crippen MR) is 393 cm³/mol. The first-order chi connectivity index (χ1) is 50.1. The fourth-order valence-electron chi connectivity index (χ4n) is 8.81. The second-order valence-electron chi connectivity index (χ2n) is 23.5. The Labute approximate surface area is 597 Å². The van der Waals surface area contributed by atoms with Crippen LogP contribution >= 0.6 is 0 Å². The number of fused-ring (bicyclic) bond motifs is 1. The summed E-state index contributed by atoms with van der Waals surface area (Å²) in [6, 6.07) is 48.5. The minimum Gasteiger partial charge on any atom is -0.478 e. The van der Waals surface area contributed by atoms with E-state index in [1.54, 1.807) is 37.3 Å². The lowest BCUT2D eigenvalue weighted by molar-refractivity contribution is -0.387. The average molecular weight is 1440 g/mol. The Morgan fingerprint density at radius 1 is 0.577 bits per heavy atom. The van der Waals surface area contributed by atoms with Crippen molar-refractivity contribution in [3.8, 4) is 11.4 Å². The summed E-state index contributed by atoms with van der Waals surface area (Å²) in [7, 11) is 1.00. The third-order valence-electron chi connectivity index (χ3n) is 14.7. The summed E-state index contributed by atoms with van der Waals surface area (Å²) in [6.45, 7) is 7.63. The number of aromatic carboxylic acids is 1. The summed E-state index contributed by atoms with van der Waals surface area (Å²) < 4.78 is 65.2. The molecule has 13 N–H and O–H groups in total. The van der Waals surface area contributed by atoms with Gasteiger partial charge in [0.1, 0.15) is 22.9 Å². The Morgan fingerprint density at radius 3 is 1.54 bits per heavy atom. The molecule has 4 fully saturated rings. The minimum atomic E-state index is -2.76. The van der Waals surface area contributed by atoms with E-state index in [-0.39, 0.29) is 27.4 Å². The van der Waals surface area contributed by atoms with E-state index >= 15 is 0 Å². The molecule has 4 aliphatic rings. The maximum atomic E-state index is 12.8. The van der Waals surface area contributed by atoms with Crippen LogP contribution in [-0.2, 0) is 6.54 Å². The van der Waals surface area contributed by atoms with Gasteiger partial charge in [0.05, 0.1) is 90.4 Å². The summed E-state index contributed by atoms with van der Waals surface area (Å²) >= 11 is 0. The number of para-hydroxylation sites is 11. The van der Waals surface area contributed by atoms with E-state index < -0.39 is 46.8 Å². The molecule has 26 nitrogen and oxygen atoms in total. The third-order valence-corrected chi connectivity index (χ3v) is 14.7. The van der Waals surface area contributed by atoms with Crippen LogP contribution in [0.1, 0.15) is 129 Å². The lowest BCUT2D eigenvalue weighted by atomic mass is 10.2. The van der Waals surface area contributed by atoms with Gasteiger partial charge in [0.2, 0.25) is 5.82 Å². The molecule has 4 aliphatic carbocycles. The zero-order valence-electron chi connectivity index (χ0n) is 57.7. The number of aromatic nitrogens is 8. The van der Waals surface area contributed by atoms with Crippen molar-refractivity contribution in [2.45, 2.75) is 129 Å². The van der Waals surface area contributed by atoms with Gasteiger partial charge in [-0.1, -0.05) is 86.6 Å². The van der Waals surface area contributed by atoms with Gasteiger partial charge in [0, 0.05) is 62.1 Å². The number of nitrogen functional groups attached to an aromatic ring is 2. The number of aliphatic hydroxyl groups excluding tert-OH is 1. The van der Waals surface area contributed by atoms with Crippen molar-refractivity contribution >= 4 is 74.1 Å². The van der Waals surface area contributed by atoms with Gasteiger partial charge in [-0.25, -0.2) is 27.3 Å². The van der Waals surface area contributed by atoms with E-state index in [1.165, 1.54) is 68.4 Å². The van der Waals surface area contributed by atoms with Crippen LogP contribution in [-0.4, -0.2) is 110 Å². The fraction of sp³-hybridized carbons (Fsp3) is 0.301. The molecule has 4 aromatic heterocycles. The number of nitro benzene ring substituents is 2. The molecule has 0 saturated heterocycles. The highest BCUT2D eigenvalue weighted by molar-refractivity contribution is 6.05. The highest BCUT2D eigenvalue weighted by Crippen LogP contribution is 2.33. The summed E-state index contributed by atoms with van der Waals surface area (Å²) in [5.41, 5.74) is 24.5. The average Bonchev–Trinajstić information content (AvgIpc) is 1.64. The Bertz CT molecular complexity index is 4340. The molecular weight excluding hydrogens is 1350 g/mol. The van der Waals surface area contributed by atoms with Crippen LogP contribution in [0.25, 0.3) is 22.4 Å². The van der Waals surface area contributed by atoms with Gasteiger partial charge in [-0.3, -0.25) is 25.0 Å². The van der Waals surface area contributed by atoms with Crippen LogP contribution in [0.15, 0.2) is 182 Å². The maximum absolute atomic E-state index is 12.8. The number of hydrogen-bond acceptors (Lipinski definition) is 21. The standard InChI is InChI=1S/C15H14F2N4O.C15H14F2N4.C9H10N2O2.C9H12N2.C9H14N2.C6H4FNO2.C6H6N2O2.C3H7N.CH4O/c16-14(17)13-7-9(8-18-21-13)15(22)20-12-4-2-1-3-11(12)19-10-5-6-10;1-2-7-21-13-6-4-3-5-11(13)19-15(21)10-8-12(14(16)17)20-18-9-10;12-11(13)9-4-2-1-3-8(9)10-7-5-6-7;10-8-3-1-2-4-9(8)11-7-5-6-7;1-2-7-11-9-6-4-3-5-8(9)10;7-5-3-1-2-4-6(5)8(9)10;1-4-2-5(6(9)10)3-7-8-4;4-3-1-2-3;1-2/h1-4,7-8,10,14,19H,5-6H2,(H,20,22);3-6,8-9,14H,2,7H2,1H3;1-4,7,10H,5-6H2;1-4,7,11H,5-6,10H2;3-6,11H,2,7,10H2,1H3;1-4H;2-3H,1H3,(H,9,10);3H,1-2,4H2;2H,1H3. The fourth-order valence-corrected chi connectivity index (χ4v) is 8.81. The molecule has 4 heterocycles. The number of nitrogens with two attached hydrogens (primary N) is 3. The molecule has 0 unspecified atom stereocenters. The summed E-state index contributed by atoms with van der Waals surface area (Å²) in [5, 5.41) is 72.7. The number of benzene rings is 6. The number of carbonyl (C=O) groups is 2. The number of aryl methyl sites for hydroxylation is 2. The van der Waals surface area contributed by atoms with Crippen molar-refractivity contribution in [1.82, 2.24) is 40.1 Å². The number of aliphatic hydroxyl groups is 1. The molecule has 0 bridgehead atoms. The second kappa shape index (κ2) is 42.4. The molecule has 0 aliphatic heterocycles. The number of carbonyl (C=O) groups excluding carboxylic acids is 1. The number of carboxylic acid groups (broad SMARTS) is 1. The second-order valence-corrected chi connectivity index (χ2v) is 23.5. The van der Waals surface area contributed by atoms with E-state index in [1.807, 2.05) is 89.5 Å². The number of nitrogens with one attached hydrogen (secondary N) is 5. The quantitative estimate of drug-likeness (QED) is 0.0156. The molecule has 0 radical (unpaired) electrons. The summed E-state index contributed by atoms with van der Waals surface area (Å²) in [5.74, 6) is -1.62. The number of hydrogen-bond donors (Lipinski definition) is 10. The normalized spacial score (nSPS) is 12.8. The van der Waals surface area contributed by atoms with Gasteiger partial charge >= 0.3 is 11.7 Å². The van der Waals surface area contributed by atoms with Gasteiger partial charge in [-0.05, 0) is 150 Å². The first-order valence-electron chi connectivity index (χ1n) is 33.3. The lowest BCUT2D eigenvalue weighted by Gasteiger charge is -2.12. The summed E-state index contributed by atoms with van der Waals surface area (Å²) in [4.78, 5) is 46.5. The molecule has 550 valence electrons. The largest absolute Gasteiger partial charge is 0.478 e. The topological polar surface area (TPSA) is 394 Å². The van der Waals surface area contributed by atoms with E-state index in [9.17, 15) is 51.8 Å². The number of rotatable bonds is 19. The number of halogens is 5. The van der Waals surface area contributed by atoms with E-state index in [0.717, 1.165) is 123 Å². The van der Waals surface area contributed by atoms with E-state index in [4.69, 9.17) is 27.4 Å². The number of anilines is 7. The van der Waals surface area contributed by atoms with Crippen molar-refractivity contribution in [2.24, 2.45) is 5.73 Å². The number of nitro groups is 2. The molecule has 4 saturated carbocycles. The van der Waals surface area contributed by atoms with Crippen LogP contribution in [0.5, 0.6) is 0 Å². The smallest absolute Gasteiger partial charge is 0.337 e. The van der Waals surface area contributed by atoms with Crippen molar-refractivity contribution in [3.05, 3.63) is 237 Å². The number of imidazole rings is 1. The van der Waals surface area contributed by atoms with Crippen molar-refractivity contribution in [2.75, 3.05) is 51.7 Å². The lowest BCUT2D eigenvalue weighted by Crippen LogP contribution is -2.15. The maximum Gasteiger partial charge on any atom is 0.337 e. The van der Waals surface area contributed by atoms with Gasteiger partial charge in [0.25, 0.3) is 24.4 Å². The highest BCUT2D eigenvalue weighted by atomic mass is 19.3. The number of amides is 1. The zero-order chi connectivity index (χ0) is 75.5. The first-order valence-corrected chi connectivity index (χ1v) is 33.3. The van der Waals surface area contributed by atoms with Gasteiger partial charge in [-0.2, -0.15) is 24.8 Å². The SMILES string of the molecule is CCCNc1ccccc1N.CCCn1c(-c2cnnc(C(F)F)c2)nc2ccccc21.CO.Cc1cc(C(=O)O)cnn1.NC1CC1.Nc1ccccc1NC1CC1.O=C(Nc1ccccc1NC1CC1)c1cnnc(C(F)F)c1.O=[N+]([O-])c1ccccc1F.O=[N+]([O-])c1ccccc1NC1CC1. The molecule has 0 spiro atoms. The van der Waals surface area contributed by atoms with Crippen molar-refractivity contribution < 1.29 is 51.6 Å². The van der Waals surface area contributed by atoms with Crippen LogP contribution in [0, 0.1) is 33.0 Å². The molecule has 6 aromatic carbocycles. The van der Waals surface area contributed by atoms with Gasteiger partial charge in [-0.15, -0.1) is 10.2 Å². The number of carboxylic acids is 1. The van der Waals surface area contributed by atoms with Crippen LogP contribution in [0.4, 0.5) is 73.1 Å². The van der Waals surface area contributed by atoms with Crippen molar-refractivity contribution in [1.29, 1.82) is 0 Å². The highest BCUT2D eigenvalue weighted by Gasteiger charge is 2.26. The molecule has 104 heavy (non-hydrogen) atoms. The van der Waals surface area contributed by atoms with Gasteiger partial charge in [0.15, 0.2) is 0 Å². The third kappa shape index (κ3) is 28.3. The Kier molecular flexibility index (Phi) is 33.1. The first kappa shape index (κ1) is 81.1. The van der Waals surface area contributed by atoms with Crippen LogP contribution < -0.4 is 43.8 Å². The zero-order valence-corrected chi connectivity index (χ0v) is 57.7. The molecule has 31 heteroatoms. The predicted octanol–water partition coefficient (Wildman–Crippen LogP) is 15.1. The molecule has 10 aromatic rings. The molecule has 14 rings (SSSR count). The number of nitrogens with zero attached hydrogens (tertiary/aromatic N) is 10. The Morgan fingerprint density at radius 2 is 1.04 bits per heavy atom. The van der Waals surface area contributed by atoms with E-state index in [2.05, 4.69) is 76.0 Å². The minimum absolute atomic E-state index is 0.0477. The Balaban J connectivity index is 0.000000192. The van der Waals surface area contributed by atoms with E-state index in [0.29, 0.717) is 52.6 Å². The van der Waals surface area contributed by atoms with Crippen LogP contribution in [0.3, 0.4) is 0 Å². The number of alkyl halides is 4. The Hall–Kier alpha value is -11.9.